The molecule has 0 bridgehead atoms. The van der Waals surface area contributed by atoms with Crippen LogP contribution in [0.25, 0.3) is 0 Å². The van der Waals surface area contributed by atoms with Crippen molar-refractivity contribution in [1.29, 1.82) is 0 Å². The minimum atomic E-state index is -1.14. The number of aliphatic carboxylic acids is 1. The minimum Gasteiger partial charge on any atom is -0.544 e. The maximum absolute atomic E-state index is 12.5. The van der Waals surface area contributed by atoms with Crippen molar-refractivity contribution in [2.24, 2.45) is 0 Å². The van der Waals surface area contributed by atoms with E-state index >= 15 is 0 Å². The van der Waals surface area contributed by atoms with Crippen molar-refractivity contribution in [1.82, 2.24) is 0 Å². The maximum atomic E-state index is 12.5. The van der Waals surface area contributed by atoms with Gasteiger partial charge in [-0.1, -0.05) is 132 Å². The van der Waals surface area contributed by atoms with Gasteiger partial charge in [0.1, 0.15) is 12.6 Å². The molecule has 0 N–H and O–H groups in total. The quantitative estimate of drug-likeness (QED) is 0.0276. The summed E-state index contributed by atoms with van der Waals surface area (Å²) in [6.07, 6.45) is 44.0. The molecule has 0 aromatic carbocycles. The molecule has 0 aromatic rings. The lowest BCUT2D eigenvalue weighted by molar-refractivity contribution is -0.889. The predicted molar refractivity (Wildman–Crippen MR) is 217 cm³/mol. The minimum absolute atomic E-state index is 0.0119. The average molecular weight is 742 g/mol. The van der Waals surface area contributed by atoms with Gasteiger partial charge in [-0.05, 0) is 64.2 Å². The third-order valence-corrected chi connectivity index (χ3v) is 8.60. The van der Waals surface area contributed by atoms with E-state index in [2.05, 4.69) is 74.6 Å². The van der Waals surface area contributed by atoms with E-state index in [1.165, 1.54) is 38.5 Å². The Hall–Kier alpha value is -3.23. The van der Waals surface area contributed by atoms with Gasteiger partial charge in [-0.25, -0.2) is 0 Å². The molecule has 2 unspecified atom stereocenters. The number of carboxylic acids is 1. The largest absolute Gasteiger partial charge is 0.544 e. The van der Waals surface area contributed by atoms with Gasteiger partial charge in [0, 0.05) is 19.3 Å². The lowest BCUT2D eigenvalue weighted by Gasteiger charge is -2.34. The summed E-state index contributed by atoms with van der Waals surface area (Å²) in [6, 6.07) is -0.736. The average Bonchev–Trinajstić information content (AvgIpc) is 3.11. The molecule has 0 saturated heterocycles. The fourth-order valence-electron chi connectivity index (χ4n) is 5.47. The molecular formula is C45H75NO7. The van der Waals surface area contributed by atoms with Gasteiger partial charge in [-0.2, -0.15) is 0 Å². The van der Waals surface area contributed by atoms with Crippen LogP contribution in [0.2, 0.25) is 0 Å². The first kappa shape index (κ1) is 49.8. The van der Waals surface area contributed by atoms with Crippen molar-refractivity contribution in [3.63, 3.8) is 0 Å². The Kier molecular flexibility index (Phi) is 33.6. The molecule has 8 nitrogen and oxygen atoms in total. The molecule has 0 aliphatic heterocycles. The predicted octanol–water partition coefficient (Wildman–Crippen LogP) is 9.46. The smallest absolute Gasteiger partial charge is 0.306 e. The summed E-state index contributed by atoms with van der Waals surface area (Å²) >= 11 is 0. The van der Waals surface area contributed by atoms with Gasteiger partial charge < -0.3 is 28.6 Å². The Balaban J connectivity index is 4.22. The third-order valence-electron chi connectivity index (χ3n) is 8.60. The zero-order chi connectivity index (χ0) is 39.3. The lowest BCUT2D eigenvalue weighted by atomic mass is 10.1. The van der Waals surface area contributed by atoms with Crippen molar-refractivity contribution < 1.29 is 38.2 Å². The number of esters is 2. The number of allylic oxidation sites excluding steroid dienone is 12. The molecule has 0 aliphatic rings. The highest BCUT2D eigenvalue weighted by Gasteiger charge is 2.25. The number of unbranched alkanes of at least 4 members (excludes halogenated alkanes) is 9. The summed E-state index contributed by atoms with van der Waals surface area (Å²) in [4.78, 5) is 36.5. The summed E-state index contributed by atoms with van der Waals surface area (Å²) in [6.45, 7) is 4.30. The number of rotatable bonds is 35. The molecular weight excluding hydrogens is 666 g/mol. The van der Waals surface area contributed by atoms with Crippen LogP contribution in [0.1, 0.15) is 142 Å². The van der Waals surface area contributed by atoms with Gasteiger partial charge in [0.25, 0.3) is 0 Å². The molecule has 0 radical (unpaired) electrons. The van der Waals surface area contributed by atoms with Crippen molar-refractivity contribution in [3.8, 4) is 0 Å². The number of nitrogens with zero attached hydrogens (tertiary/aromatic N) is 1. The number of carboxylic acid groups (broad SMARTS) is 1. The van der Waals surface area contributed by atoms with Crippen molar-refractivity contribution >= 4 is 17.9 Å². The molecule has 302 valence electrons. The van der Waals surface area contributed by atoms with Crippen LogP contribution in [-0.2, 0) is 28.6 Å². The highest BCUT2D eigenvalue weighted by molar-refractivity contribution is 5.70. The number of quaternary nitrogens is 1. The van der Waals surface area contributed by atoms with E-state index in [0.717, 1.165) is 64.2 Å². The van der Waals surface area contributed by atoms with Crippen LogP contribution in [0.3, 0.4) is 0 Å². The second kappa shape index (κ2) is 35.8. The standard InChI is InChI=1S/C45H75NO7/c1-6-8-10-12-14-15-16-17-18-19-20-21-22-23-24-25-26-27-28-30-31-33-35-43(47)52-40-41(39-51-38-37-42(45(49)50)46(3,4)5)53-44(48)36-34-32-29-13-11-9-7-2/h8-11,14-15,17-18,20-21,29,32,41-42H,6-7,12-13,16,19,22-28,30-31,33-40H2,1-5H3/b10-8+,11-9+,15-14+,18-17+,21-20+,32-29+. The number of carbonyl (C=O) groups is 3. The first-order chi connectivity index (χ1) is 25.6. The monoisotopic (exact) mass is 742 g/mol. The fraction of sp³-hybridized carbons (Fsp3) is 0.667. The highest BCUT2D eigenvalue weighted by atomic mass is 16.6. The molecule has 0 aromatic heterocycles. The number of hydrogen-bond acceptors (Lipinski definition) is 7. The SMILES string of the molecule is CC/C=C/C/C=C/C/C=C/C/C=C/CCCCCCCCCCCC(=O)OCC(COCCC(C(=O)[O-])[N+](C)(C)C)OC(=O)CC/C=C/C/C=C/CC. The first-order valence-corrected chi connectivity index (χ1v) is 20.5. The number of carbonyl (C=O) groups excluding carboxylic acids is 3. The van der Waals surface area contributed by atoms with Crippen LogP contribution in [0.4, 0.5) is 0 Å². The van der Waals surface area contributed by atoms with Crippen LogP contribution < -0.4 is 5.11 Å². The second-order valence-corrected chi connectivity index (χ2v) is 14.5. The summed E-state index contributed by atoms with van der Waals surface area (Å²) in [5.74, 6) is -1.85. The highest BCUT2D eigenvalue weighted by Crippen LogP contribution is 2.13. The third kappa shape index (κ3) is 34.3. The first-order valence-electron chi connectivity index (χ1n) is 20.5. The van der Waals surface area contributed by atoms with Gasteiger partial charge in [0.2, 0.25) is 0 Å². The molecule has 0 rings (SSSR count). The van der Waals surface area contributed by atoms with Gasteiger partial charge in [0.15, 0.2) is 6.10 Å². The Morgan fingerprint density at radius 2 is 1.04 bits per heavy atom. The number of hydrogen-bond donors (Lipinski definition) is 0. The molecule has 0 fully saturated rings. The zero-order valence-electron chi connectivity index (χ0n) is 34.2. The number of likely N-dealkylation sites (N-methyl/N-ethyl adjacent to an activating group) is 1. The van der Waals surface area contributed by atoms with E-state index < -0.39 is 24.1 Å². The topological polar surface area (TPSA) is 102 Å². The molecule has 0 saturated carbocycles. The van der Waals surface area contributed by atoms with Crippen molar-refractivity contribution in [2.45, 2.75) is 154 Å². The Morgan fingerprint density at radius 3 is 1.55 bits per heavy atom. The van der Waals surface area contributed by atoms with Gasteiger partial charge in [-0.3, -0.25) is 9.59 Å². The molecule has 53 heavy (non-hydrogen) atoms. The lowest BCUT2D eigenvalue weighted by Crippen LogP contribution is -2.55. The molecule has 0 heterocycles. The summed E-state index contributed by atoms with van der Waals surface area (Å²) < 4.78 is 17.0. The Morgan fingerprint density at radius 1 is 0.566 bits per heavy atom. The number of ether oxygens (including phenoxy) is 3. The Labute approximate surface area is 323 Å². The fourth-order valence-corrected chi connectivity index (χ4v) is 5.47. The summed E-state index contributed by atoms with van der Waals surface area (Å²) in [5, 5.41) is 11.6. The van der Waals surface area contributed by atoms with Crippen molar-refractivity contribution in [2.75, 3.05) is 41.0 Å². The van der Waals surface area contributed by atoms with Crippen LogP contribution in [0, 0.1) is 0 Å². The van der Waals surface area contributed by atoms with E-state index in [4.69, 9.17) is 14.2 Å². The van der Waals surface area contributed by atoms with Crippen LogP contribution in [0.15, 0.2) is 72.9 Å². The van der Waals surface area contributed by atoms with Crippen LogP contribution in [-0.4, -0.2) is 75.5 Å². The summed E-state index contributed by atoms with van der Waals surface area (Å²) in [5.41, 5.74) is 0. The van der Waals surface area contributed by atoms with E-state index in [0.29, 0.717) is 12.8 Å². The van der Waals surface area contributed by atoms with Crippen LogP contribution >= 0.6 is 0 Å². The Bertz CT molecular complexity index is 1100. The van der Waals surface area contributed by atoms with E-state index in [1.54, 1.807) is 21.1 Å². The van der Waals surface area contributed by atoms with E-state index in [-0.39, 0.29) is 43.1 Å². The van der Waals surface area contributed by atoms with Gasteiger partial charge >= 0.3 is 11.9 Å². The molecule has 0 spiro atoms. The molecule has 0 aliphatic carbocycles. The van der Waals surface area contributed by atoms with E-state index in [9.17, 15) is 19.5 Å². The van der Waals surface area contributed by atoms with Crippen LogP contribution in [0.5, 0.6) is 0 Å². The second-order valence-electron chi connectivity index (χ2n) is 14.5. The van der Waals surface area contributed by atoms with Gasteiger partial charge in [0.05, 0.1) is 40.3 Å². The normalized spacial score (nSPS) is 13.8. The molecule has 2 atom stereocenters. The van der Waals surface area contributed by atoms with Crippen molar-refractivity contribution in [3.05, 3.63) is 72.9 Å². The van der Waals surface area contributed by atoms with Gasteiger partial charge in [-0.15, -0.1) is 0 Å². The summed E-state index contributed by atoms with van der Waals surface area (Å²) in [7, 11) is 5.36. The maximum Gasteiger partial charge on any atom is 0.306 e. The molecule has 0 amide bonds. The van der Waals surface area contributed by atoms with E-state index in [1.807, 2.05) is 12.2 Å². The zero-order valence-corrected chi connectivity index (χ0v) is 34.2. The molecule has 8 heteroatoms.